The molecule has 6 heteroatoms. The van der Waals surface area contributed by atoms with Gasteiger partial charge in [0.1, 0.15) is 5.69 Å². The first-order valence-corrected chi connectivity index (χ1v) is 6.06. The Labute approximate surface area is 115 Å². The molecule has 2 aromatic heterocycles. The highest BCUT2D eigenvalue weighted by atomic mass is 16.5. The molecule has 2 heterocycles. The standard InChI is InChI=1S/C14H13N5O/c1-19-9-16-8-12(19)14-17-13(20-18-14)6-5-10-3-2-4-11(15)7-10/h2-9H,15H2,1H3/b6-5+. The number of nitrogens with zero attached hydrogens (tertiary/aromatic N) is 4. The molecule has 0 amide bonds. The molecule has 3 aromatic rings. The molecule has 100 valence electrons. The van der Waals surface area contributed by atoms with Gasteiger partial charge >= 0.3 is 0 Å². The predicted molar refractivity (Wildman–Crippen MR) is 76.3 cm³/mol. The fourth-order valence-corrected chi connectivity index (χ4v) is 1.81. The molecular weight excluding hydrogens is 254 g/mol. The lowest BCUT2D eigenvalue weighted by atomic mass is 10.2. The van der Waals surface area contributed by atoms with E-state index in [-0.39, 0.29) is 0 Å². The Hall–Kier alpha value is -2.89. The monoisotopic (exact) mass is 267 g/mol. The zero-order chi connectivity index (χ0) is 13.9. The quantitative estimate of drug-likeness (QED) is 0.736. The Morgan fingerprint density at radius 2 is 2.20 bits per heavy atom. The van der Waals surface area contributed by atoms with Crippen LogP contribution in [0.25, 0.3) is 23.7 Å². The molecule has 0 bridgehead atoms. The van der Waals surface area contributed by atoms with Crippen LogP contribution in [-0.2, 0) is 7.05 Å². The zero-order valence-electron chi connectivity index (χ0n) is 10.9. The van der Waals surface area contributed by atoms with Gasteiger partial charge in [0.25, 0.3) is 5.89 Å². The Bertz CT molecular complexity index is 756. The average Bonchev–Trinajstić information content (AvgIpc) is 3.05. The summed E-state index contributed by atoms with van der Waals surface area (Å²) in [6.45, 7) is 0. The Morgan fingerprint density at radius 1 is 1.30 bits per heavy atom. The minimum Gasteiger partial charge on any atom is -0.399 e. The maximum absolute atomic E-state index is 5.72. The van der Waals surface area contributed by atoms with Crippen molar-refractivity contribution >= 4 is 17.8 Å². The molecule has 0 fully saturated rings. The zero-order valence-corrected chi connectivity index (χ0v) is 10.9. The second kappa shape index (κ2) is 5.00. The van der Waals surface area contributed by atoms with E-state index in [9.17, 15) is 0 Å². The first-order chi connectivity index (χ1) is 9.72. The van der Waals surface area contributed by atoms with E-state index in [2.05, 4.69) is 15.1 Å². The number of nitrogens with two attached hydrogens (primary N) is 1. The summed E-state index contributed by atoms with van der Waals surface area (Å²) in [6.07, 6.45) is 7.00. The van der Waals surface area contributed by atoms with Crippen LogP contribution in [0.15, 0.2) is 41.3 Å². The molecular formula is C14H13N5O. The molecule has 0 spiro atoms. The number of hydrogen-bond donors (Lipinski definition) is 1. The molecule has 0 aliphatic rings. The summed E-state index contributed by atoms with van der Waals surface area (Å²) in [7, 11) is 1.88. The van der Waals surface area contributed by atoms with Crippen LogP contribution >= 0.6 is 0 Å². The Morgan fingerprint density at radius 3 is 2.95 bits per heavy atom. The van der Waals surface area contributed by atoms with Crippen LogP contribution in [0.3, 0.4) is 0 Å². The number of anilines is 1. The second-order valence-electron chi connectivity index (χ2n) is 4.35. The lowest BCUT2D eigenvalue weighted by Crippen LogP contribution is -1.90. The molecule has 2 N–H and O–H groups in total. The highest BCUT2D eigenvalue weighted by molar-refractivity contribution is 5.68. The van der Waals surface area contributed by atoms with Crippen LogP contribution < -0.4 is 5.73 Å². The first-order valence-electron chi connectivity index (χ1n) is 6.06. The number of aromatic nitrogens is 4. The highest BCUT2D eigenvalue weighted by Crippen LogP contribution is 2.15. The van der Waals surface area contributed by atoms with Gasteiger partial charge in [-0.1, -0.05) is 17.3 Å². The van der Waals surface area contributed by atoms with Crippen molar-refractivity contribution in [2.75, 3.05) is 5.73 Å². The molecule has 6 nitrogen and oxygen atoms in total. The van der Waals surface area contributed by atoms with E-state index in [0.29, 0.717) is 17.4 Å². The molecule has 0 atom stereocenters. The van der Waals surface area contributed by atoms with Crippen molar-refractivity contribution in [1.82, 2.24) is 19.7 Å². The van der Waals surface area contributed by atoms with Gasteiger partial charge in [-0.15, -0.1) is 0 Å². The Balaban J connectivity index is 1.83. The van der Waals surface area contributed by atoms with Crippen molar-refractivity contribution in [2.24, 2.45) is 7.05 Å². The van der Waals surface area contributed by atoms with Crippen molar-refractivity contribution in [3.05, 3.63) is 48.2 Å². The molecule has 0 aliphatic heterocycles. The van der Waals surface area contributed by atoms with Crippen molar-refractivity contribution in [3.63, 3.8) is 0 Å². The number of aryl methyl sites for hydroxylation is 1. The van der Waals surface area contributed by atoms with E-state index in [1.165, 1.54) is 0 Å². The molecule has 0 radical (unpaired) electrons. The molecule has 3 rings (SSSR count). The van der Waals surface area contributed by atoms with Crippen LogP contribution in [0.5, 0.6) is 0 Å². The smallest absolute Gasteiger partial charge is 0.251 e. The maximum atomic E-state index is 5.72. The van der Waals surface area contributed by atoms with Crippen molar-refractivity contribution in [1.29, 1.82) is 0 Å². The van der Waals surface area contributed by atoms with Crippen LogP contribution in [0.2, 0.25) is 0 Å². The van der Waals surface area contributed by atoms with Gasteiger partial charge in [0, 0.05) is 18.8 Å². The van der Waals surface area contributed by atoms with Crippen molar-refractivity contribution in [3.8, 4) is 11.5 Å². The van der Waals surface area contributed by atoms with Crippen LogP contribution in [-0.4, -0.2) is 19.7 Å². The van der Waals surface area contributed by atoms with E-state index >= 15 is 0 Å². The second-order valence-corrected chi connectivity index (χ2v) is 4.35. The topological polar surface area (TPSA) is 82.8 Å². The SMILES string of the molecule is Cn1cncc1-c1noc(/C=C/c2cccc(N)c2)n1. The van der Waals surface area contributed by atoms with Crippen LogP contribution in [0, 0.1) is 0 Å². The lowest BCUT2D eigenvalue weighted by Gasteiger charge is -1.94. The summed E-state index contributed by atoms with van der Waals surface area (Å²) in [5, 5.41) is 3.93. The third kappa shape index (κ3) is 2.44. The third-order valence-corrected chi connectivity index (χ3v) is 2.82. The van der Waals surface area contributed by atoms with Crippen LogP contribution in [0.1, 0.15) is 11.5 Å². The van der Waals surface area contributed by atoms with Gasteiger partial charge in [0.2, 0.25) is 5.82 Å². The summed E-state index contributed by atoms with van der Waals surface area (Å²) >= 11 is 0. The van der Waals surface area contributed by atoms with E-state index in [0.717, 1.165) is 11.3 Å². The molecule has 1 aromatic carbocycles. The van der Waals surface area contributed by atoms with E-state index in [1.807, 2.05) is 42.0 Å². The lowest BCUT2D eigenvalue weighted by molar-refractivity contribution is 0.411. The van der Waals surface area contributed by atoms with E-state index in [1.54, 1.807) is 18.6 Å². The van der Waals surface area contributed by atoms with Gasteiger partial charge in [-0.2, -0.15) is 4.98 Å². The highest BCUT2D eigenvalue weighted by Gasteiger charge is 2.09. The van der Waals surface area contributed by atoms with Gasteiger partial charge in [0.05, 0.1) is 12.5 Å². The molecule has 0 aliphatic carbocycles. The number of hydrogen-bond acceptors (Lipinski definition) is 5. The number of imidazole rings is 1. The maximum Gasteiger partial charge on any atom is 0.251 e. The van der Waals surface area contributed by atoms with E-state index in [4.69, 9.17) is 10.3 Å². The summed E-state index contributed by atoms with van der Waals surface area (Å²) < 4.78 is 7.00. The summed E-state index contributed by atoms with van der Waals surface area (Å²) in [4.78, 5) is 8.31. The average molecular weight is 267 g/mol. The minimum absolute atomic E-state index is 0.434. The minimum atomic E-state index is 0.434. The van der Waals surface area contributed by atoms with Gasteiger partial charge in [-0.25, -0.2) is 4.98 Å². The van der Waals surface area contributed by atoms with Crippen molar-refractivity contribution in [2.45, 2.75) is 0 Å². The van der Waals surface area contributed by atoms with Crippen molar-refractivity contribution < 1.29 is 4.52 Å². The summed E-state index contributed by atoms with van der Waals surface area (Å²) in [5.41, 5.74) is 8.21. The first kappa shape index (κ1) is 12.2. The third-order valence-electron chi connectivity index (χ3n) is 2.82. The van der Waals surface area contributed by atoms with Crippen LogP contribution in [0.4, 0.5) is 5.69 Å². The fraction of sp³-hybridized carbons (Fsp3) is 0.0714. The molecule has 0 saturated carbocycles. The number of rotatable bonds is 3. The van der Waals surface area contributed by atoms with Gasteiger partial charge < -0.3 is 14.8 Å². The fourth-order valence-electron chi connectivity index (χ4n) is 1.81. The molecule has 20 heavy (non-hydrogen) atoms. The molecule has 0 unspecified atom stereocenters. The van der Waals surface area contributed by atoms with Gasteiger partial charge in [-0.05, 0) is 23.8 Å². The number of nitrogen functional groups attached to an aromatic ring is 1. The largest absolute Gasteiger partial charge is 0.399 e. The normalized spacial score (nSPS) is 11.2. The summed E-state index contributed by atoms with van der Waals surface area (Å²) in [5.74, 6) is 0.945. The van der Waals surface area contributed by atoms with Gasteiger partial charge in [-0.3, -0.25) is 0 Å². The number of benzene rings is 1. The summed E-state index contributed by atoms with van der Waals surface area (Å²) in [6, 6.07) is 7.55. The molecule has 0 saturated heterocycles. The van der Waals surface area contributed by atoms with E-state index < -0.39 is 0 Å². The predicted octanol–water partition coefficient (Wildman–Crippen LogP) is 2.22. The van der Waals surface area contributed by atoms with Gasteiger partial charge in [0.15, 0.2) is 0 Å². The Kier molecular flexibility index (Phi) is 3.04.